The van der Waals surface area contributed by atoms with Crippen LogP contribution in [0.3, 0.4) is 0 Å². The molecule has 4 heteroatoms. The molecular formula is C126H212BN3. The van der Waals surface area contributed by atoms with E-state index >= 15 is 0 Å². The molecule has 21 saturated carbocycles. The van der Waals surface area contributed by atoms with Crippen LogP contribution < -0.4 is 0 Å². The first-order chi connectivity index (χ1) is 63.0. The lowest BCUT2D eigenvalue weighted by molar-refractivity contribution is -0.163. The molecule has 2 saturated heterocycles. The first-order valence-corrected chi connectivity index (χ1v) is 62.3. The average Bonchev–Trinajstić information content (AvgIpc) is 0.682. The smallest absolute Gasteiger partial charge is 0.156 e. The van der Waals surface area contributed by atoms with Crippen molar-refractivity contribution in [3.8, 4) is 0 Å². The minimum absolute atomic E-state index is 0.417. The number of nitrogens with zero attached hydrogens (tertiary/aromatic N) is 3. The summed E-state index contributed by atoms with van der Waals surface area (Å²) < 4.78 is 0. The normalized spacial score (nSPS) is 49.3. The molecule has 0 radical (unpaired) electrons. The van der Waals surface area contributed by atoms with Crippen LogP contribution >= 0.6 is 0 Å². The monoisotopic (exact) mass is 1780 g/mol. The minimum atomic E-state index is 0.417. The summed E-state index contributed by atoms with van der Waals surface area (Å²) in [6.07, 6.45) is 105. The second-order valence-electron chi connectivity index (χ2n) is 60.7. The van der Waals surface area contributed by atoms with Gasteiger partial charge >= 0.3 is 0 Å². The van der Waals surface area contributed by atoms with Gasteiger partial charge in [0.05, 0.1) is 0 Å². The third-order valence-corrected chi connectivity index (χ3v) is 51.7. The van der Waals surface area contributed by atoms with Gasteiger partial charge in [-0.3, -0.25) is 14.7 Å². The number of rotatable bonds is 13. The van der Waals surface area contributed by atoms with E-state index in [4.69, 9.17) is 0 Å². The number of fused-ring (bicyclic) bond motifs is 4. The average molecular weight is 1780 g/mol. The fourth-order valence-electron chi connectivity index (χ4n) is 46.1. The molecule has 3 nitrogen and oxygen atoms in total. The largest absolute Gasteiger partial charge is 0.295 e. The molecule has 0 spiro atoms. The Labute approximate surface area is 805 Å². The summed E-state index contributed by atoms with van der Waals surface area (Å²) in [6, 6.07) is 7.33. The standard InChI is InChI=1S/C126H212BN3/c1-123(2,3)95-65-89-49-51-91-67-97(125(7,8)9)75-108-106(71-93(69-95)116(89)118(91)108)87-57-63-110-112(73-87)129(121-102(83-37-23-15-24-38-83)45-31-46-103(121)84-39-25-16-26-40-84)114-77-101(128(99-59-53-81(54-60-99)79-33-19-13-20-34-79)100-61-55-82(56-62-100)80-35-21-14-22-36-80)78-115-120(114)127(110)111-64-58-88(74-113(111)130(115)122-104(85-41-27-17-28-42-85)47-32-48-105(122)86-43-29-18-30-44-86)107-72-94-70-96(124(4,5)6)66-90-50-52-92-68-98(126(10,11)12)76-109(107)119(92)117(90)94/h79-122H,13-78H2,1-12H3. The Kier molecular flexibility index (Phi) is 27.8. The summed E-state index contributed by atoms with van der Waals surface area (Å²) in [7, 11) is 0. The highest BCUT2D eigenvalue weighted by atomic mass is 15.3. The van der Waals surface area contributed by atoms with Crippen molar-refractivity contribution in [2.45, 2.75) is 579 Å². The van der Waals surface area contributed by atoms with Crippen LogP contribution in [0.5, 0.6) is 0 Å². The maximum atomic E-state index is 4.14. The molecule has 0 bridgehead atoms. The predicted molar refractivity (Wildman–Crippen MR) is 551 cm³/mol. The van der Waals surface area contributed by atoms with Gasteiger partial charge in [0, 0.05) is 54.4 Å². The Morgan fingerprint density at radius 3 is 0.769 bits per heavy atom. The van der Waals surface area contributed by atoms with Crippen molar-refractivity contribution in [2.75, 3.05) is 0 Å². The topological polar surface area (TPSA) is 9.72 Å². The maximum Gasteiger partial charge on any atom is 0.156 e. The Morgan fingerprint density at radius 2 is 0.454 bits per heavy atom. The van der Waals surface area contributed by atoms with Gasteiger partial charge in [0.15, 0.2) is 6.71 Å². The summed E-state index contributed by atoms with van der Waals surface area (Å²) in [5.74, 6) is 34.3. The second kappa shape index (κ2) is 38.6. The van der Waals surface area contributed by atoms with Gasteiger partial charge in [-0.15, -0.1) is 0 Å². The molecule has 23 aliphatic rings. The van der Waals surface area contributed by atoms with Crippen LogP contribution in [0.25, 0.3) is 0 Å². The third kappa shape index (κ3) is 17.8. The molecule has 23 fully saturated rings. The van der Waals surface area contributed by atoms with Crippen molar-refractivity contribution in [2.24, 2.45) is 211 Å². The first kappa shape index (κ1) is 93.6. The molecule has 2 aliphatic heterocycles. The molecule has 0 aromatic carbocycles. The molecule has 2 heterocycles. The lowest BCUT2D eigenvalue weighted by Crippen LogP contribution is -2.78. The molecule has 734 valence electrons. The summed E-state index contributed by atoms with van der Waals surface area (Å²) in [6.45, 7) is 33.9. The van der Waals surface area contributed by atoms with Gasteiger partial charge in [-0.25, -0.2) is 0 Å². The zero-order valence-electron chi connectivity index (χ0n) is 88.0. The number of hydrogen-bond donors (Lipinski definition) is 0. The molecule has 0 N–H and O–H groups in total. The fourth-order valence-corrected chi connectivity index (χ4v) is 46.1. The molecule has 0 amide bonds. The molecule has 130 heavy (non-hydrogen) atoms. The van der Waals surface area contributed by atoms with E-state index in [1.54, 1.807) is 385 Å². The Bertz CT molecular complexity index is 3340. The van der Waals surface area contributed by atoms with Gasteiger partial charge < -0.3 is 0 Å². The van der Waals surface area contributed by atoms with Crippen LogP contribution in [0, 0.1) is 211 Å². The van der Waals surface area contributed by atoms with Gasteiger partial charge in [0.2, 0.25) is 0 Å². The highest BCUT2D eigenvalue weighted by Crippen LogP contribution is 2.74. The van der Waals surface area contributed by atoms with Crippen molar-refractivity contribution in [1.29, 1.82) is 0 Å². The molecule has 30 atom stereocenters. The minimum Gasteiger partial charge on any atom is -0.295 e. The van der Waals surface area contributed by atoms with Gasteiger partial charge in [0.25, 0.3) is 0 Å². The van der Waals surface area contributed by atoms with E-state index < -0.39 is 0 Å². The lowest BCUT2D eigenvalue weighted by atomic mass is 9.18. The zero-order chi connectivity index (χ0) is 88.4. The SMILES string of the molecule is CC(C)(C)C1CC2CCC3CC(C(C)(C)C)CC4C(C5CCC6B7C8CCC(C9CC%10CC(C(C)(C)C)CC%11CCC%12CC(C(C)(C)C)CC9C%12C%11%10)CC8N(C8C(C9CCCCC9)CCCC8C8CCCCC8)C8CC(N(C9CCC(C%10CCCCC%10)CC9)C9CCC(C%10CCCCC%10)CC9)CC(C78)N(C7C(C8CCCCC8)CCCC7C7CCCCC7)C6C5)CC(C1)C2C34. The maximum absolute atomic E-state index is 4.14. The summed E-state index contributed by atoms with van der Waals surface area (Å²) in [5, 5.41) is 0. The van der Waals surface area contributed by atoms with Crippen LogP contribution in [0.15, 0.2) is 0 Å². The Morgan fingerprint density at radius 1 is 0.185 bits per heavy atom. The molecule has 30 unspecified atom stereocenters. The summed E-state index contributed by atoms with van der Waals surface area (Å²) in [4.78, 5) is 12.1. The van der Waals surface area contributed by atoms with E-state index in [9.17, 15) is 0 Å². The fraction of sp³-hybridized carbons (Fsp3) is 1.00. The van der Waals surface area contributed by atoms with Crippen molar-refractivity contribution in [3.63, 3.8) is 0 Å². The van der Waals surface area contributed by atoms with Gasteiger partial charge in [-0.2, -0.15) is 0 Å². The molecule has 0 aromatic rings. The van der Waals surface area contributed by atoms with Crippen LogP contribution in [0.1, 0.15) is 507 Å². The van der Waals surface area contributed by atoms with Crippen molar-refractivity contribution in [3.05, 3.63) is 0 Å². The van der Waals surface area contributed by atoms with Crippen molar-refractivity contribution < 1.29 is 0 Å². The second-order valence-corrected chi connectivity index (χ2v) is 60.7. The van der Waals surface area contributed by atoms with Crippen LogP contribution in [-0.2, 0) is 0 Å². The van der Waals surface area contributed by atoms with E-state index in [1.165, 1.54) is 38.5 Å². The Balaban J connectivity index is 0.719. The van der Waals surface area contributed by atoms with Gasteiger partial charge in [0.1, 0.15) is 0 Å². The highest BCUT2D eigenvalue weighted by molar-refractivity contribution is 6.65. The Hall–Kier alpha value is -0.0551. The van der Waals surface area contributed by atoms with E-state index in [2.05, 4.69) is 97.8 Å². The first-order valence-electron chi connectivity index (χ1n) is 62.3. The summed E-state index contributed by atoms with van der Waals surface area (Å²) >= 11 is 0. The third-order valence-electron chi connectivity index (χ3n) is 51.7. The molecule has 23 rings (SSSR count). The quantitative estimate of drug-likeness (QED) is 0.170. The van der Waals surface area contributed by atoms with E-state index in [-0.39, 0.29) is 0 Å². The lowest BCUT2D eigenvalue weighted by Gasteiger charge is -2.73. The van der Waals surface area contributed by atoms with Gasteiger partial charge in [-0.1, -0.05) is 314 Å². The predicted octanol–water partition coefficient (Wildman–Crippen LogP) is 34.8. The number of hydrogen-bond acceptors (Lipinski definition) is 3. The van der Waals surface area contributed by atoms with E-state index in [1.807, 2.05) is 0 Å². The van der Waals surface area contributed by atoms with Crippen LogP contribution in [0.4, 0.5) is 0 Å². The van der Waals surface area contributed by atoms with E-state index in [0.29, 0.717) is 21.7 Å². The summed E-state index contributed by atoms with van der Waals surface area (Å²) in [5.41, 5.74) is 1.70. The van der Waals surface area contributed by atoms with E-state index in [0.717, 1.165) is 268 Å². The van der Waals surface area contributed by atoms with Crippen molar-refractivity contribution >= 4 is 6.71 Å². The molecular weight excluding hydrogens is 1570 g/mol. The van der Waals surface area contributed by atoms with Gasteiger partial charge in [-0.05, 0) is 421 Å². The van der Waals surface area contributed by atoms with Crippen LogP contribution in [0.2, 0.25) is 17.5 Å². The zero-order valence-corrected chi connectivity index (χ0v) is 88.0. The van der Waals surface area contributed by atoms with Crippen molar-refractivity contribution in [1.82, 2.24) is 14.7 Å². The molecule has 0 aromatic heterocycles. The highest BCUT2D eigenvalue weighted by Gasteiger charge is 2.71. The molecule has 21 aliphatic carbocycles. The van der Waals surface area contributed by atoms with Crippen LogP contribution in [-0.4, -0.2) is 75.8 Å².